The van der Waals surface area contributed by atoms with Gasteiger partial charge in [-0.25, -0.2) is 0 Å². The van der Waals surface area contributed by atoms with Gasteiger partial charge < -0.3 is 16.0 Å². The van der Waals surface area contributed by atoms with Crippen molar-refractivity contribution in [3.8, 4) is 0 Å². The Morgan fingerprint density at radius 3 is 2.65 bits per heavy atom. The molecule has 1 aromatic rings. The fourth-order valence-electron chi connectivity index (χ4n) is 1.86. The van der Waals surface area contributed by atoms with Crippen molar-refractivity contribution in [1.82, 2.24) is 4.90 Å². The number of benzene rings is 1. The molecular weight excluding hydrogens is 290 g/mol. The summed E-state index contributed by atoms with van der Waals surface area (Å²) >= 11 is 6.83. The molecular formula is C14H21N3OS2. The van der Waals surface area contributed by atoms with Gasteiger partial charge >= 0.3 is 0 Å². The Hall–Kier alpha value is -1.27. The molecule has 3 N–H and O–H groups in total. The molecule has 1 atom stereocenters. The Kier molecular flexibility index (Phi) is 6.29. The molecule has 0 aliphatic carbocycles. The van der Waals surface area contributed by atoms with Crippen LogP contribution in [-0.4, -0.2) is 41.7 Å². The van der Waals surface area contributed by atoms with Crippen molar-refractivity contribution in [3.05, 3.63) is 23.8 Å². The van der Waals surface area contributed by atoms with E-state index in [0.717, 1.165) is 21.9 Å². The lowest BCUT2D eigenvalue weighted by molar-refractivity contribution is -0.129. The Morgan fingerprint density at radius 1 is 1.50 bits per heavy atom. The predicted octanol–water partition coefficient (Wildman–Crippen LogP) is 2.32. The zero-order valence-corrected chi connectivity index (χ0v) is 13.9. The van der Waals surface area contributed by atoms with Gasteiger partial charge in [-0.15, -0.1) is 11.8 Å². The van der Waals surface area contributed by atoms with Crippen LogP contribution < -0.4 is 11.1 Å². The second kappa shape index (κ2) is 7.50. The zero-order valence-electron chi connectivity index (χ0n) is 12.3. The van der Waals surface area contributed by atoms with E-state index >= 15 is 0 Å². The molecule has 4 nitrogen and oxygen atoms in total. The molecule has 0 aliphatic rings. The van der Waals surface area contributed by atoms with E-state index in [0.29, 0.717) is 4.99 Å². The average molecular weight is 311 g/mol. The summed E-state index contributed by atoms with van der Waals surface area (Å²) < 4.78 is 0. The lowest BCUT2D eigenvalue weighted by Gasteiger charge is -2.21. The third-order valence-electron chi connectivity index (χ3n) is 2.76. The molecule has 0 bridgehead atoms. The summed E-state index contributed by atoms with van der Waals surface area (Å²) in [4.78, 5) is 14.9. The molecule has 1 unspecified atom stereocenters. The smallest absolute Gasteiger partial charge is 0.244 e. The van der Waals surface area contributed by atoms with Crippen molar-refractivity contribution in [2.75, 3.05) is 25.2 Å². The van der Waals surface area contributed by atoms with Gasteiger partial charge in [-0.3, -0.25) is 4.79 Å². The number of hydrogen-bond acceptors (Lipinski definition) is 4. The van der Waals surface area contributed by atoms with E-state index in [-0.39, 0.29) is 11.9 Å². The Labute approximate surface area is 130 Å². The molecule has 0 saturated carbocycles. The number of rotatable bonds is 6. The minimum Gasteiger partial charge on any atom is -0.389 e. The minimum atomic E-state index is -0.333. The van der Waals surface area contributed by atoms with E-state index in [1.807, 2.05) is 25.1 Å². The highest BCUT2D eigenvalue weighted by atomic mass is 32.2. The number of nitrogens with two attached hydrogens (primary N) is 1. The monoisotopic (exact) mass is 311 g/mol. The molecule has 0 aliphatic heterocycles. The first kappa shape index (κ1) is 16.8. The van der Waals surface area contributed by atoms with E-state index < -0.39 is 0 Å². The van der Waals surface area contributed by atoms with Gasteiger partial charge in [-0.05, 0) is 24.8 Å². The number of hydrogen-bond donors (Lipinski definition) is 2. The predicted molar refractivity (Wildman–Crippen MR) is 90.5 cm³/mol. The van der Waals surface area contributed by atoms with Crippen LogP contribution in [0.25, 0.3) is 0 Å². The van der Waals surface area contributed by atoms with Crippen molar-refractivity contribution in [1.29, 1.82) is 0 Å². The maximum Gasteiger partial charge on any atom is 0.244 e. The Morgan fingerprint density at radius 2 is 2.15 bits per heavy atom. The van der Waals surface area contributed by atoms with Crippen LogP contribution in [0.3, 0.4) is 0 Å². The molecule has 20 heavy (non-hydrogen) atoms. The first-order valence-corrected chi connectivity index (χ1v) is 7.81. The van der Waals surface area contributed by atoms with Crippen molar-refractivity contribution in [2.45, 2.75) is 24.8 Å². The summed E-state index contributed by atoms with van der Waals surface area (Å²) in [7, 11) is 3.47. The first-order chi connectivity index (χ1) is 9.38. The Bertz CT molecular complexity index is 503. The second-order valence-corrected chi connectivity index (χ2v) is 6.32. The molecule has 0 fully saturated rings. The van der Waals surface area contributed by atoms with Crippen LogP contribution in [-0.2, 0) is 4.79 Å². The number of carbonyl (C=O) groups is 1. The van der Waals surface area contributed by atoms with Gasteiger partial charge in [-0.2, -0.15) is 0 Å². The fourth-order valence-corrected chi connectivity index (χ4v) is 3.00. The van der Waals surface area contributed by atoms with Crippen LogP contribution in [0.1, 0.15) is 19.4 Å². The van der Waals surface area contributed by atoms with Crippen LogP contribution in [0.5, 0.6) is 0 Å². The molecule has 0 saturated heterocycles. The summed E-state index contributed by atoms with van der Waals surface area (Å²) in [6.07, 6.45) is 0. The number of thiocarbonyl (C=S) groups is 1. The van der Waals surface area contributed by atoms with Crippen molar-refractivity contribution >= 4 is 40.6 Å². The van der Waals surface area contributed by atoms with Gasteiger partial charge in [0.2, 0.25) is 5.91 Å². The lowest BCUT2D eigenvalue weighted by atomic mass is 10.1. The summed E-state index contributed by atoms with van der Waals surface area (Å²) in [6, 6.07) is 5.49. The van der Waals surface area contributed by atoms with E-state index in [1.54, 1.807) is 30.8 Å². The molecule has 110 valence electrons. The molecule has 1 aromatic carbocycles. The van der Waals surface area contributed by atoms with E-state index in [1.165, 1.54) is 0 Å². The van der Waals surface area contributed by atoms with E-state index in [9.17, 15) is 4.79 Å². The Balaban J connectivity index is 3.09. The molecule has 0 aromatic heterocycles. The summed E-state index contributed by atoms with van der Waals surface area (Å²) in [6.45, 7) is 3.90. The molecule has 6 heteroatoms. The number of likely N-dealkylation sites (N-methyl/N-ethyl adjacent to an activating group) is 1. The molecule has 1 rings (SSSR count). The van der Waals surface area contributed by atoms with E-state index in [4.69, 9.17) is 18.0 Å². The van der Waals surface area contributed by atoms with Crippen molar-refractivity contribution in [2.24, 2.45) is 5.73 Å². The molecule has 0 spiro atoms. The number of carbonyl (C=O) groups excluding carboxylic acids is 1. The van der Waals surface area contributed by atoms with Crippen LogP contribution in [0.2, 0.25) is 0 Å². The number of nitrogens with one attached hydrogen (secondary N) is 1. The van der Waals surface area contributed by atoms with Gasteiger partial charge in [0.1, 0.15) is 11.0 Å². The topological polar surface area (TPSA) is 58.4 Å². The number of nitrogens with zero attached hydrogens (tertiary/aromatic N) is 1. The summed E-state index contributed by atoms with van der Waals surface area (Å²) in [5.41, 5.74) is 7.46. The molecule has 0 radical (unpaired) electrons. The fraction of sp³-hybridized carbons (Fsp3) is 0.429. The van der Waals surface area contributed by atoms with Crippen LogP contribution in [0, 0.1) is 0 Å². The zero-order chi connectivity index (χ0) is 15.3. The van der Waals surface area contributed by atoms with Crippen molar-refractivity contribution in [3.63, 3.8) is 0 Å². The van der Waals surface area contributed by atoms with Crippen molar-refractivity contribution < 1.29 is 4.79 Å². The summed E-state index contributed by atoms with van der Waals surface area (Å²) in [5.74, 6) is 0.943. The quantitative estimate of drug-likeness (QED) is 0.624. The highest BCUT2D eigenvalue weighted by Gasteiger charge is 2.18. The van der Waals surface area contributed by atoms with Gasteiger partial charge in [0, 0.05) is 30.2 Å². The van der Waals surface area contributed by atoms with Gasteiger partial charge in [0.25, 0.3) is 0 Å². The third kappa shape index (κ3) is 4.11. The lowest BCUT2D eigenvalue weighted by Crippen LogP contribution is -2.37. The van der Waals surface area contributed by atoms with Crippen LogP contribution >= 0.6 is 24.0 Å². The SMILES string of the molecule is CCSc1cccc(NC(C)C(=O)N(C)C)c1C(N)=S. The largest absolute Gasteiger partial charge is 0.389 e. The van der Waals surface area contributed by atoms with Crippen LogP contribution in [0.15, 0.2) is 23.1 Å². The second-order valence-electron chi connectivity index (χ2n) is 4.57. The first-order valence-electron chi connectivity index (χ1n) is 6.41. The minimum absolute atomic E-state index is 0.00689. The standard InChI is InChI=1S/C14H21N3OS2/c1-5-20-11-8-6-7-10(12(11)13(15)19)16-9(2)14(18)17(3)4/h6-9,16H,5H2,1-4H3,(H2,15,19). The van der Waals surface area contributed by atoms with Gasteiger partial charge in [0.05, 0.1) is 0 Å². The maximum atomic E-state index is 11.9. The summed E-state index contributed by atoms with van der Waals surface area (Å²) in [5, 5.41) is 3.20. The van der Waals surface area contributed by atoms with E-state index in [2.05, 4.69) is 12.2 Å². The normalized spacial score (nSPS) is 11.8. The highest BCUT2D eigenvalue weighted by Crippen LogP contribution is 2.29. The molecule has 1 amide bonds. The van der Waals surface area contributed by atoms with Gasteiger partial charge in [-0.1, -0.05) is 25.2 Å². The van der Waals surface area contributed by atoms with Gasteiger partial charge in [0.15, 0.2) is 0 Å². The maximum absolute atomic E-state index is 11.9. The number of thioether (sulfide) groups is 1. The average Bonchev–Trinajstić information content (AvgIpc) is 2.37. The van der Waals surface area contributed by atoms with Crippen LogP contribution in [0.4, 0.5) is 5.69 Å². The number of anilines is 1. The number of amides is 1. The third-order valence-corrected chi connectivity index (χ3v) is 3.90. The molecule has 0 heterocycles. The highest BCUT2D eigenvalue weighted by molar-refractivity contribution is 7.99.